The Hall–Kier alpha value is -1.64. The van der Waals surface area contributed by atoms with Gasteiger partial charge in [-0.25, -0.2) is 4.79 Å². The molecule has 0 heterocycles. The first-order chi connectivity index (χ1) is 6.59. The van der Waals surface area contributed by atoms with Crippen LogP contribution in [0.3, 0.4) is 0 Å². The summed E-state index contributed by atoms with van der Waals surface area (Å²) in [5.41, 5.74) is 2.81. The molecule has 0 unspecified atom stereocenters. The Morgan fingerprint density at radius 3 is 2.64 bits per heavy atom. The van der Waals surface area contributed by atoms with Gasteiger partial charge >= 0.3 is 5.97 Å². The SMILES string of the molecule is CC(=O)O/N=C(/C)c1cccc(C)c1. The van der Waals surface area contributed by atoms with E-state index in [0.29, 0.717) is 5.71 Å². The molecule has 0 amide bonds. The van der Waals surface area contributed by atoms with Crippen LogP contribution in [0.4, 0.5) is 0 Å². The highest BCUT2D eigenvalue weighted by Gasteiger charge is 1.98. The van der Waals surface area contributed by atoms with Crippen molar-refractivity contribution >= 4 is 11.7 Å². The van der Waals surface area contributed by atoms with E-state index in [1.165, 1.54) is 6.92 Å². The third-order valence-corrected chi connectivity index (χ3v) is 1.75. The molecule has 0 aliphatic carbocycles. The minimum atomic E-state index is -0.406. The quantitative estimate of drug-likeness (QED) is 0.408. The van der Waals surface area contributed by atoms with E-state index < -0.39 is 5.97 Å². The van der Waals surface area contributed by atoms with E-state index in [1.54, 1.807) is 6.92 Å². The predicted molar refractivity (Wildman–Crippen MR) is 55.2 cm³/mol. The minimum Gasteiger partial charge on any atom is -0.318 e. The molecule has 0 fully saturated rings. The van der Waals surface area contributed by atoms with Gasteiger partial charge in [0.1, 0.15) is 0 Å². The molecule has 0 spiro atoms. The lowest BCUT2D eigenvalue weighted by molar-refractivity contribution is -0.140. The summed E-state index contributed by atoms with van der Waals surface area (Å²) in [7, 11) is 0. The van der Waals surface area contributed by atoms with Crippen LogP contribution >= 0.6 is 0 Å². The Balaban J connectivity index is 2.83. The van der Waals surface area contributed by atoms with Crippen molar-refractivity contribution in [3.63, 3.8) is 0 Å². The number of benzene rings is 1. The molecule has 0 aliphatic rings. The van der Waals surface area contributed by atoms with E-state index in [2.05, 4.69) is 9.99 Å². The van der Waals surface area contributed by atoms with E-state index in [1.807, 2.05) is 31.2 Å². The maximum atomic E-state index is 10.5. The van der Waals surface area contributed by atoms with Crippen molar-refractivity contribution in [3.8, 4) is 0 Å². The molecule has 0 radical (unpaired) electrons. The molecule has 14 heavy (non-hydrogen) atoms. The number of hydrogen-bond donors (Lipinski definition) is 0. The van der Waals surface area contributed by atoms with E-state index >= 15 is 0 Å². The van der Waals surface area contributed by atoms with Crippen LogP contribution in [0.15, 0.2) is 29.4 Å². The molecule has 0 atom stereocenters. The Labute approximate surface area is 83.4 Å². The Bertz CT molecular complexity index is 369. The van der Waals surface area contributed by atoms with Crippen LogP contribution in [0.5, 0.6) is 0 Å². The fourth-order valence-electron chi connectivity index (χ4n) is 1.06. The second-order valence-electron chi connectivity index (χ2n) is 3.13. The van der Waals surface area contributed by atoms with E-state index in [0.717, 1.165) is 11.1 Å². The van der Waals surface area contributed by atoms with Crippen LogP contribution in [0.25, 0.3) is 0 Å². The molecule has 1 aromatic rings. The zero-order valence-electron chi connectivity index (χ0n) is 8.57. The maximum absolute atomic E-state index is 10.5. The lowest BCUT2D eigenvalue weighted by Gasteiger charge is -2.00. The highest BCUT2D eigenvalue weighted by atomic mass is 16.7. The van der Waals surface area contributed by atoms with Crippen LogP contribution in [0.1, 0.15) is 25.0 Å². The lowest BCUT2D eigenvalue weighted by atomic mass is 10.1. The largest absolute Gasteiger partial charge is 0.331 e. The molecule has 3 heteroatoms. The summed E-state index contributed by atoms with van der Waals surface area (Å²) in [6.07, 6.45) is 0. The highest BCUT2D eigenvalue weighted by Crippen LogP contribution is 2.05. The zero-order chi connectivity index (χ0) is 10.6. The molecule has 0 aliphatic heterocycles. The fourth-order valence-corrected chi connectivity index (χ4v) is 1.06. The van der Waals surface area contributed by atoms with Crippen LogP contribution in [0, 0.1) is 6.92 Å². The Morgan fingerprint density at radius 1 is 1.36 bits per heavy atom. The number of hydrogen-bond acceptors (Lipinski definition) is 3. The summed E-state index contributed by atoms with van der Waals surface area (Å²) in [6, 6.07) is 7.86. The molecular weight excluding hydrogens is 178 g/mol. The summed E-state index contributed by atoms with van der Waals surface area (Å²) < 4.78 is 0. The van der Waals surface area contributed by atoms with Gasteiger partial charge in [0.15, 0.2) is 0 Å². The molecule has 74 valence electrons. The van der Waals surface area contributed by atoms with Gasteiger partial charge in [-0.1, -0.05) is 35.0 Å². The van der Waals surface area contributed by atoms with Gasteiger partial charge in [-0.05, 0) is 19.4 Å². The van der Waals surface area contributed by atoms with Crippen molar-refractivity contribution in [2.24, 2.45) is 5.16 Å². The minimum absolute atomic E-state index is 0.406. The summed E-state index contributed by atoms with van der Waals surface area (Å²) in [5, 5.41) is 3.70. The first kappa shape index (κ1) is 10.4. The molecule has 1 aromatic carbocycles. The van der Waals surface area contributed by atoms with Gasteiger partial charge in [0.25, 0.3) is 0 Å². The number of nitrogens with zero attached hydrogens (tertiary/aromatic N) is 1. The second-order valence-corrected chi connectivity index (χ2v) is 3.13. The molecule has 0 saturated heterocycles. The van der Waals surface area contributed by atoms with Crippen LogP contribution in [0.2, 0.25) is 0 Å². The maximum Gasteiger partial charge on any atom is 0.331 e. The smallest absolute Gasteiger partial charge is 0.318 e. The molecule has 0 saturated carbocycles. The van der Waals surface area contributed by atoms with Gasteiger partial charge in [-0.2, -0.15) is 0 Å². The first-order valence-corrected chi connectivity index (χ1v) is 4.39. The van der Waals surface area contributed by atoms with Crippen molar-refractivity contribution in [3.05, 3.63) is 35.4 Å². The van der Waals surface area contributed by atoms with Gasteiger partial charge in [-0.3, -0.25) is 0 Å². The Morgan fingerprint density at radius 2 is 2.07 bits per heavy atom. The van der Waals surface area contributed by atoms with E-state index in [4.69, 9.17) is 0 Å². The van der Waals surface area contributed by atoms with Crippen molar-refractivity contribution in [2.45, 2.75) is 20.8 Å². The van der Waals surface area contributed by atoms with Crippen molar-refractivity contribution in [2.75, 3.05) is 0 Å². The summed E-state index contributed by atoms with van der Waals surface area (Å²) in [5.74, 6) is -0.406. The van der Waals surface area contributed by atoms with E-state index in [-0.39, 0.29) is 0 Å². The lowest BCUT2D eigenvalue weighted by Crippen LogP contribution is -1.99. The third kappa shape index (κ3) is 3.01. The summed E-state index contributed by atoms with van der Waals surface area (Å²) >= 11 is 0. The second kappa shape index (κ2) is 4.56. The average molecular weight is 191 g/mol. The predicted octanol–water partition coefficient (Wildman–Crippen LogP) is 2.28. The molecular formula is C11H13NO2. The standard InChI is InChI=1S/C11H13NO2/c1-8-5-4-6-11(7-8)9(2)12-14-10(3)13/h4-7H,1-3H3/b12-9-. The van der Waals surface area contributed by atoms with Crippen molar-refractivity contribution in [1.29, 1.82) is 0 Å². The first-order valence-electron chi connectivity index (χ1n) is 4.39. The molecule has 0 N–H and O–H groups in total. The fraction of sp³-hybridized carbons (Fsp3) is 0.273. The topological polar surface area (TPSA) is 38.7 Å². The monoisotopic (exact) mass is 191 g/mol. The third-order valence-electron chi connectivity index (χ3n) is 1.75. The van der Waals surface area contributed by atoms with Crippen molar-refractivity contribution < 1.29 is 9.63 Å². The summed E-state index contributed by atoms with van der Waals surface area (Å²) in [4.78, 5) is 15.1. The number of oxime groups is 1. The van der Waals surface area contributed by atoms with Crippen LogP contribution in [-0.2, 0) is 9.63 Å². The van der Waals surface area contributed by atoms with Crippen LogP contribution in [-0.4, -0.2) is 11.7 Å². The van der Waals surface area contributed by atoms with Crippen molar-refractivity contribution in [1.82, 2.24) is 0 Å². The molecule has 0 aromatic heterocycles. The number of carbonyl (C=O) groups is 1. The molecule has 3 nitrogen and oxygen atoms in total. The summed E-state index contributed by atoms with van der Waals surface area (Å²) in [6.45, 7) is 5.13. The van der Waals surface area contributed by atoms with E-state index in [9.17, 15) is 4.79 Å². The number of rotatable bonds is 2. The molecule has 1 rings (SSSR count). The number of carbonyl (C=O) groups excluding carboxylic acids is 1. The highest BCUT2D eigenvalue weighted by molar-refractivity contribution is 5.98. The number of aryl methyl sites for hydroxylation is 1. The zero-order valence-corrected chi connectivity index (χ0v) is 8.57. The van der Waals surface area contributed by atoms with Gasteiger partial charge in [-0.15, -0.1) is 0 Å². The molecule has 0 bridgehead atoms. The van der Waals surface area contributed by atoms with Crippen LogP contribution < -0.4 is 0 Å². The normalized spacial score (nSPS) is 11.2. The van der Waals surface area contributed by atoms with Gasteiger partial charge in [0.05, 0.1) is 5.71 Å². The van der Waals surface area contributed by atoms with Gasteiger partial charge in [0.2, 0.25) is 0 Å². The van der Waals surface area contributed by atoms with Gasteiger partial charge < -0.3 is 4.84 Å². The Kier molecular flexibility index (Phi) is 3.40. The average Bonchev–Trinajstić information content (AvgIpc) is 2.14. The van der Waals surface area contributed by atoms with Gasteiger partial charge in [0, 0.05) is 6.92 Å².